The van der Waals surface area contributed by atoms with Crippen LogP contribution in [0.1, 0.15) is 17.0 Å². The summed E-state index contributed by atoms with van der Waals surface area (Å²) in [5.41, 5.74) is 1.46. The van der Waals surface area contributed by atoms with Crippen LogP contribution >= 0.6 is 0 Å². The first kappa shape index (κ1) is 9.15. The van der Waals surface area contributed by atoms with Crippen molar-refractivity contribution in [2.45, 2.75) is 12.5 Å². The Labute approximate surface area is 80.6 Å². The molecule has 0 fully saturated rings. The maximum Gasteiger partial charge on any atom is 0.312 e. The third-order valence-electron chi connectivity index (χ3n) is 2.45. The molecule has 0 saturated heterocycles. The number of fused-ring (bicyclic) bond motifs is 1. The van der Waals surface area contributed by atoms with Crippen molar-refractivity contribution in [2.24, 2.45) is 0 Å². The summed E-state index contributed by atoms with van der Waals surface area (Å²) >= 11 is 0. The summed E-state index contributed by atoms with van der Waals surface area (Å²) < 4.78 is 12.9. The third kappa shape index (κ3) is 1.48. The maximum atomic E-state index is 12.9. The van der Waals surface area contributed by atoms with E-state index in [9.17, 15) is 9.18 Å². The summed E-state index contributed by atoms with van der Waals surface area (Å²) in [6.45, 7) is 0.977. The lowest BCUT2D eigenvalue weighted by Crippen LogP contribution is -2.32. The lowest BCUT2D eigenvalue weighted by Gasteiger charge is -2.23. The predicted octanol–water partition coefficient (Wildman–Crippen LogP) is 1.10. The van der Waals surface area contributed by atoms with Gasteiger partial charge in [0.1, 0.15) is 5.82 Å². The van der Waals surface area contributed by atoms with Gasteiger partial charge in [-0.05, 0) is 23.3 Å². The highest BCUT2D eigenvalue weighted by atomic mass is 19.1. The van der Waals surface area contributed by atoms with Crippen LogP contribution in [0.4, 0.5) is 4.39 Å². The van der Waals surface area contributed by atoms with E-state index < -0.39 is 11.9 Å². The maximum absolute atomic E-state index is 12.9. The molecule has 2 N–H and O–H groups in total. The van der Waals surface area contributed by atoms with Gasteiger partial charge in [-0.2, -0.15) is 0 Å². The summed E-state index contributed by atoms with van der Waals surface area (Å²) in [4.78, 5) is 10.9. The van der Waals surface area contributed by atoms with Crippen molar-refractivity contribution < 1.29 is 14.3 Å². The topological polar surface area (TPSA) is 49.3 Å². The number of rotatable bonds is 1. The third-order valence-corrected chi connectivity index (χ3v) is 2.45. The van der Waals surface area contributed by atoms with Crippen molar-refractivity contribution in [1.82, 2.24) is 5.32 Å². The van der Waals surface area contributed by atoms with Gasteiger partial charge in [-0.25, -0.2) is 4.39 Å². The number of carboxylic acids is 1. The van der Waals surface area contributed by atoms with E-state index in [2.05, 4.69) is 5.32 Å². The molecule has 3 nitrogen and oxygen atoms in total. The van der Waals surface area contributed by atoms with Gasteiger partial charge in [0.2, 0.25) is 0 Å². The molecular weight excluding hydrogens is 185 g/mol. The minimum atomic E-state index is -0.913. The molecule has 0 aliphatic carbocycles. The first-order chi connectivity index (χ1) is 6.68. The second-order valence-electron chi connectivity index (χ2n) is 3.36. The molecule has 1 aliphatic heterocycles. The lowest BCUT2D eigenvalue weighted by atomic mass is 9.91. The molecule has 1 aliphatic rings. The molecule has 74 valence electrons. The van der Waals surface area contributed by atoms with Crippen LogP contribution in [0.3, 0.4) is 0 Å². The standard InChI is InChI=1S/C10H10FNO2/c11-7-2-1-6-4-12-5-9(10(13)14)8(6)3-7/h1-3,9,12H,4-5H2,(H,13,14). The van der Waals surface area contributed by atoms with Gasteiger partial charge in [-0.3, -0.25) is 4.79 Å². The Morgan fingerprint density at radius 1 is 1.57 bits per heavy atom. The van der Waals surface area contributed by atoms with Crippen LogP contribution in [-0.4, -0.2) is 17.6 Å². The SMILES string of the molecule is O=C(O)C1CNCc2ccc(F)cc21. The highest BCUT2D eigenvalue weighted by Crippen LogP contribution is 2.24. The minimum absolute atomic E-state index is 0.367. The Bertz CT molecular complexity index is 378. The average Bonchev–Trinajstić information content (AvgIpc) is 2.16. The molecule has 1 aromatic rings. The summed E-state index contributed by atoms with van der Waals surface area (Å²) in [5.74, 6) is -1.92. The van der Waals surface area contributed by atoms with Crippen LogP contribution < -0.4 is 5.32 Å². The van der Waals surface area contributed by atoms with Crippen molar-refractivity contribution in [1.29, 1.82) is 0 Å². The molecule has 0 saturated carbocycles. The molecule has 0 amide bonds. The molecule has 4 heteroatoms. The molecule has 0 aromatic heterocycles. The first-order valence-electron chi connectivity index (χ1n) is 4.40. The zero-order valence-electron chi connectivity index (χ0n) is 7.46. The molecule has 1 unspecified atom stereocenters. The van der Waals surface area contributed by atoms with Gasteiger partial charge in [0.15, 0.2) is 0 Å². The van der Waals surface area contributed by atoms with Gasteiger partial charge < -0.3 is 10.4 Å². The van der Waals surface area contributed by atoms with Gasteiger partial charge in [-0.1, -0.05) is 6.07 Å². The highest BCUT2D eigenvalue weighted by molar-refractivity contribution is 5.77. The number of hydrogen-bond donors (Lipinski definition) is 2. The number of hydrogen-bond acceptors (Lipinski definition) is 2. The number of benzene rings is 1. The normalized spacial score (nSPS) is 20.2. The number of carbonyl (C=O) groups is 1. The molecule has 14 heavy (non-hydrogen) atoms. The molecule has 2 rings (SSSR count). The van der Waals surface area contributed by atoms with Crippen LogP contribution in [0.2, 0.25) is 0 Å². The van der Waals surface area contributed by atoms with E-state index in [0.717, 1.165) is 5.56 Å². The van der Waals surface area contributed by atoms with Gasteiger partial charge in [-0.15, -0.1) is 0 Å². The number of aliphatic carboxylic acids is 1. The zero-order chi connectivity index (χ0) is 10.1. The Morgan fingerprint density at radius 2 is 2.36 bits per heavy atom. The average molecular weight is 195 g/mol. The van der Waals surface area contributed by atoms with E-state index in [1.807, 2.05) is 0 Å². The fraction of sp³-hybridized carbons (Fsp3) is 0.300. The highest BCUT2D eigenvalue weighted by Gasteiger charge is 2.25. The molecule has 0 radical (unpaired) electrons. The second-order valence-corrected chi connectivity index (χ2v) is 3.36. The quantitative estimate of drug-likeness (QED) is 0.705. The summed E-state index contributed by atoms with van der Waals surface area (Å²) in [5, 5.41) is 11.9. The van der Waals surface area contributed by atoms with Crippen LogP contribution in [-0.2, 0) is 11.3 Å². The number of halogens is 1. The van der Waals surface area contributed by atoms with E-state index in [0.29, 0.717) is 18.7 Å². The monoisotopic (exact) mass is 195 g/mol. The molecule has 1 atom stereocenters. The van der Waals surface area contributed by atoms with E-state index in [1.165, 1.54) is 12.1 Å². The summed E-state index contributed by atoms with van der Waals surface area (Å²) in [6, 6.07) is 4.30. The first-order valence-corrected chi connectivity index (χ1v) is 4.40. The molecule has 0 bridgehead atoms. The lowest BCUT2D eigenvalue weighted by molar-refractivity contribution is -0.138. The molecular formula is C10H10FNO2. The molecule has 1 heterocycles. The van der Waals surface area contributed by atoms with Crippen molar-refractivity contribution in [3.8, 4) is 0 Å². The smallest absolute Gasteiger partial charge is 0.312 e. The van der Waals surface area contributed by atoms with Crippen molar-refractivity contribution >= 4 is 5.97 Å². The van der Waals surface area contributed by atoms with Gasteiger partial charge >= 0.3 is 5.97 Å². The van der Waals surface area contributed by atoms with Crippen molar-refractivity contribution in [3.63, 3.8) is 0 Å². The summed E-state index contributed by atoms with van der Waals surface area (Å²) in [7, 11) is 0. The Hall–Kier alpha value is -1.42. The zero-order valence-corrected chi connectivity index (χ0v) is 7.46. The number of carboxylic acid groups (broad SMARTS) is 1. The van der Waals surface area contributed by atoms with Gasteiger partial charge in [0, 0.05) is 13.1 Å². The molecule has 1 aromatic carbocycles. The van der Waals surface area contributed by atoms with Crippen molar-refractivity contribution in [3.05, 3.63) is 35.1 Å². The van der Waals surface area contributed by atoms with Crippen LogP contribution in [0.15, 0.2) is 18.2 Å². The van der Waals surface area contributed by atoms with Crippen LogP contribution in [0.5, 0.6) is 0 Å². The fourth-order valence-electron chi connectivity index (χ4n) is 1.73. The van der Waals surface area contributed by atoms with E-state index >= 15 is 0 Å². The second kappa shape index (κ2) is 3.38. The van der Waals surface area contributed by atoms with Crippen LogP contribution in [0, 0.1) is 5.82 Å². The van der Waals surface area contributed by atoms with E-state index in [1.54, 1.807) is 6.07 Å². The molecule has 0 spiro atoms. The largest absolute Gasteiger partial charge is 0.481 e. The van der Waals surface area contributed by atoms with Gasteiger partial charge in [0.25, 0.3) is 0 Å². The minimum Gasteiger partial charge on any atom is -0.481 e. The van der Waals surface area contributed by atoms with E-state index in [4.69, 9.17) is 5.11 Å². The Kier molecular flexibility index (Phi) is 2.21. The number of nitrogens with one attached hydrogen (secondary N) is 1. The predicted molar refractivity (Wildman–Crippen MR) is 48.5 cm³/mol. The van der Waals surface area contributed by atoms with E-state index in [-0.39, 0.29) is 5.82 Å². The van der Waals surface area contributed by atoms with Gasteiger partial charge in [0.05, 0.1) is 5.92 Å². The Morgan fingerprint density at radius 3 is 3.07 bits per heavy atom. The fourth-order valence-corrected chi connectivity index (χ4v) is 1.73. The van der Waals surface area contributed by atoms with Crippen molar-refractivity contribution in [2.75, 3.05) is 6.54 Å². The van der Waals surface area contributed by atoms with Crippen LogP contribution in [0.25, 0.3) is 0 Å². The summed E-state index contributed by atoms with van der Waals surface area (Å²) in [6.07, 6.45) is 0. The Balaban J connectivity index is 2.46.